The maximum atomic E-state index is 3.91. The second-order valence-corrected chi connectivity index (χ2v) is 3.58. The van der Waals surface area contributed by atoms with Gasteiger partial charge in [-0.05, 0) is 25.9 Å². The molecule has 1 aromatic heterocycles. The predicted molar refractivity (Wildman–Crippen MR) is 58.1 cm³/mol. The van der Waals surface area contributed by atoms with E-state index in [-0.39, 0.29) is 0 Å². The lowest BCUT2D eigenvalue weighted by Gasteiger charge is -2.20. The minimum Gasteiger partial charge on any atom is -0.335 e. The average molecular weight is 194 g/mol. The Morgan fingerprint density at radius 1 is 1.21 bits per heavy atom. The SMILES string of the molecule is CCCN(CCC)CCn1c[c]nc1. The van der Waals surface area contributed by atoms with Crippen molar-refractivity contribution in [2.75, 3.05) is 19.6 Å². The number of hydrogen-bond acceptors (Lipinski definition) is 2. The molecule has 0 N–H and O–H groups in total. The molecule has 79 valence electrons. The van der Waals surface area contributed by atoms with Crippen LogP contribution in [-0.4, -0.2) is 34.1 Å². The summed E-state index contributed by atoms with van der Waals surface area (Å²) < 4.78 is 2.08. The third-order valence-electron chi connectivity index (χ3n) is 2.26. The van der Waals surface area contributed by atoms with Crippen molar-refractivity contribution in [2.24, 2.45) is 0 Å². The fourth-order valence-corrected chi connectivity index (χ4v) is 1.60. The zero-order chi connectivity index (χ0) is 10.2. The monoisotopic (exact) mass is 194 g/mol. The highest BCUT2D eigenvalue weighted by molar-refractivity contribution is 4.72. The first-order valence-electron chi connectivity index (χ1n) is 5.47. The maximum Gasteiger partial charge on any atom is 0.108 e. The number of hydrogen-bond donors (Lipinski definition) is 0. The second kappa shape index (κ2) is 6.60. The Labute approximate surface area is 86.7 Å². The molecule has 1 aromatic rings. The molecule has 0 atom stereocenters. The van der Waals surface area contributed by atoms with Crippen molar-refractivity contribution in [3.63, 3.8) is 0 Å². The molecule has 1 heterocycles. The maximum absolute atomic E-state index is 3.91. The molecule has 0 saturated carbocycles. The molecular formula is C11H20N3. The lowest BCUT2D eigenvalue weighted by Crippen LogP contribution is -2.28. The molecule has 0 saturated heterocycles. The van der Waals surface area contributed by atoms with Gasteiger partial charge in [0.25, 0.3) is 0 Å². The Morgan fingerprint density at radius 2 is 1.93 bits per heavy atom. The highest BCUT2D eigenvalue weighted by atomic mass is 15.1. The second-order valence-electron chi connectivity index (χ2n) is 3.58. The predicted octanol–water partition coefficient (Wildman–Crippen LogP) is 1.81. The van der Waals surface area contributed by atoms with Crippen molar-refractivity contribution in [3.8, 4) is 0 Å². The molecule has 0 aliphatic carbocycles. The normalized spacial score (nSPS) is 11.1. The average Bonchev–Trinajstić information content (AvgIpc) is 2.67. The summed E-state index contributed by atoms with van der Waals surface area (Å²) in [5, 5.41) is 0. The Balaban J connectivity index is 2.25. The van der Waals surface area contributed by atoms with Crippen LogP contribution in [0.3, 0.4) is 0 Å². The largest absolute Gasteiger partial charge is 0.335 e. The van der Waals surface area contributed by atoms with Gasteiger partial charge in [0.05, 0.1) is 6.33 Å². The molecule has 0 aliphatic heterocycles. The summed E-state index contributed by atoms with van der Waals surface area (Å²) in [5.41, 5.74) is 0. The van der Waals surface area contributed by atoms with E-state index in [1.807, 2.05) is 12.5 Å². The molecule has 1 rings (SSSR count). The van der Waals surface area contributed by atoms with Crippen molar-refractivity contribution in [3.05, 3.63) is 18.7 Å². The molecule has 0 aliphatic rings. The topological polar surface area (TPSA) is 21.1 Å². The van der Waals surface area contributed by atoms with Gasteiger partial charge in [0.15, 0.2) is 0 Å². The first-order chi connectivity index (χ1) is 6.86. The van der Waals surface area contributed by atoms with Crippen molar-refractivity contribution < 1.29 is 0 Å². The van der Waals surface area contributed by atoms with Gasteiger partial charge >= 0.3 is 0 Å². The quantitative estimate of drug-likeness (QED) is 0.660. The van der Waals surface area contributed by atoms with Crippen LogP contribution in [-0.2, 0) is 6.54 Å². The third-order valence-corrected chi connectivity index (χ3v) is 2.26. The van der Waals surface area contributed by atoms with E-state index >= 15 is 0 Å². The molecule has 3 heteroatoms. The van der Waals surface area contributed by atoms with Crippen molar-refractivity contribution in [2.45, 2.75) is 33.2 Å². The fourth-order valence-electron chi connectivity index (χ4n) is 1.60. The number of aromatic nitrogens is 2. The molecule has 0 spiro atoms. The Bertz CT molecular complexity index is 212. The third kappa shape index (κ3) is 3.92. The number of imidazole rings is 1. The summed E-state index contributed by atoms with van der Waals surface area (Å²) in [6.07, 6.45) is 9.00. The molecule has 0 amide bonds. The Morgan fingerprint density at radius 3 is 2.43 bits per heavy atom. The fraction of sp³-hybridized carbons (Fsp3) is 0.727. The molecule has 3 nitrogen and oxygen atoms in total. The van der Waals surface area contributed by atoms with Gasteiger partial charge in [0.2, 0.25) is 0 Å². The van der Waals surface area contributed by atoms with E-state index in [2.05, 4.69) is 34.5 Å². The van der Waals surface area contributed by atoms with Crippen molar-refractivity contribution >= 4 is 0 Å². The van der Waals surface area contributed by atoms with Gasteiger partial charge in [-0.3, -0.25) is 0 Å². The summed E-state index contributed by atoms with van der Waals surface area (Å²) in [7, 11) is 0. The molecule has 1 radical (unpaired) electrons. The summed E-state index contributed by atoms with van der Waals surface area (Å²) in [5.74, 6) is 0. The van der Waals surface area contributed by atoms with Gasteiger partial charge in [-0.15, -0.1) is 0 Å². The lowest BCUT2D eigenvalue weighted by atomic mass is 10.3. The van der Waals surface area contributed by atoms with E-state index in [1.165, 1.54) is 25.9 Å². The smallest absolute Gasteiger partial charge is 0.108 e. The zero-order valence-electron chi connectivity index (χ0n) is 9.24. The Kier molecular flexibility index (Phi) is 5.30. The van der Waals surface area contributed by atoms with E-state index in [1.54, 1.807) is 0 Å². The minimum atomic E-state index is 1.02. The van der Waals surface area contributed by atoms with Crippen molar-refractivity contribution in [1.29, 1.82) is 0 Å². The van der Waals surface area contributed by atoms with E-state index in [0.29, 0.717) is 0 Å². The summed E-state index contributed by atoms with van der Waals surface area (Å²) in [4.78, 5) is 6.41. The van der Waals surface area contributed by atoms with E-state index in [0.717, 1.165) is 13.1 Å². The van der Waals surface area contributed by atoms with Gasteiger partial charge in [0, 0.05) is 19.3 Å². The molecule has 0 bridgehead atoms. The van der Waals surface area contributed by atoms with Crippen LogP contribution in [0, 0.1) is 6.20 Å². The summed E-state index contributed by atoms with van der Waals surface area (Å²) >= 11 is 0. The zero-order valence-corrected chi connectivity index (χ0v) is 9.24. The highest BCUT2D eigenvalue weighted by Gasteiger charge is 2.01. The van der Waals surface area contributed by atoms with Crippen LogP contribution in [0.25, 0.3) is 0 Å². The van der Waals surface area contributed by atoms with Crippen LogP contribution in [0.5, 0.6) is 0 Å². The van der Waals surface area contributed by atoms with Gasteiger partial charge in [-0.1, -0.05) is 13.8 Å². The molecular weight excluding hydrogens is 174 g/mol. The first kappa shape index (κ1) is 11.2. The van der Waals surface area contributed by atoms with Crippen LogP contribution in [0.2, 0.25) is 0 Å². The standard InChI is InChI=1S/C11H20N3/c1-3-6-13(7-4-2)9-10-14-8-5-12-11-14/h8,11H,3-4,6-7,9-10H2,1-2H3. The van der Waals surface area contributed by atoms with Crippen molar-refractivity contribution in [1.82, 2.24) is 14.5 Å². The van der Waals surface area contributed by atoms with E-state index < -0.39 is 0 Å². The molecule has 0 fully saturated rings. The lowest BCUT2D eigenvalue weighted by molar-refractivity contribution is 0.263. The molecule has 0 aromatic carbocycles. The van der Waals surface area contributed by atoms with Gasteiger partial charge < -0.3 is 9.47 Å². The van der Waals surface area contributed by atoms with Gasteiger partial charge in [-0.2, -0.15) is 0 Å². The van der Waals surface area contributed by atoms with Gasteiger partial charge in [-0.25, -0.2) is 4.98 Å². The van der Waals surface area contributed by atoms with E-state index in [4.69, 9.17) is 0 Å². The van der Waals surface area contributed by atoms with Crippen LogP contribution in [0.1, 0.15) is 26.7 Å². The highest BCUT2D eigenvalue weighted by Crippen LogP contribution is 1.95. The first-order valence-corrected chi connectivity index (χ1v) is 5.47. The van der Waals surface area contributed by atoms with E-state index in [9.17, 15) is 0 Å². The molecule has 0 unspecified atom stereocenters. The number of nitrogens with zero attached hydrogens (tertiary/aromatic N) is 3. The summed E-state index contributed by atoms with van der Waals surface area (Å²) in [6, 6.07) is 0. The number of rotatable bonds is 7. The Hall–Kier alpha value is -0.830. The van der Waals surface area contributed by atoms with Crippen LogP contribution in [0.15, 0.2) is 12.5 Å². The molecule has 14 heavy (non-hydrogen) atoms. The minimum absolute atomic E-state index is 1.02. The van der Waals surface area contributed by atoms with Crippen LogP contribution >= 0.6 is 0 Å². The summed E-state index contributed by atoms with van der Waals surface area (Å²) in [6.45, 7) is 9.00. The van der Waals surface area contributed by atoms with Gasteiger partial charge in [0.1, 0.15) is 6.20 Å². The van der Waals surface area contributed by atoms with Crippen LogP contribution < -0.4 is 0 Å². The van der Waals surface area contributed by atoms with Crippen LogP contribution in [0.4, 0.5) is 0 Å².